The summed E-state index contributed by atoms with van der Waals surface area (Å²) in [5.74, 6) is -0.894. The van der Waals surface area contributed by atoms with Crippen molar-refractivity contribution in [1.82, 2.24) is 9.47 Å². The smallest absolute Gasteiger partial charge is 0.294 e. The van der Waals surface area contributed by atoms with Crippen LogP contribution in [0.25, 0.3) is 11.8 Å². The molecule has 2 aromatic carbocycles. The molecule has 1 aliphatic heterocycles. The van der Waals surface area contributed by atoms with Crippen LogP contribution in [-0.4, -0.2) is 33.1 Å². The second-order valence-corrected chi connectivity index (χ2v) is 9.68. The summed E-state index contributed by atoms with van der Waals surface area (Å²) >= 11 is 6.85. The lowest BCUT2D eigenvalue weighted by atomic mass is 10.1. The minimum Gasteiger partial charge on any atom is -0.325 e. The topological polar surface area (TPSA) is 71.4 Å². The number of aromatic nitrogens is 1. The number of hydrogen-bond donors (Lipinski definition) is 1. The van der Waals surface area contributed by atoms with Crippen LogP contribution in [0.4, 0.5) is 10.5 Å². The van der Waals surface area contributed by atoms with Crippen molar-refractivity contribution in [3.63, 3.8) is 0 Å². The maximum atomic E-state index is 12.9. The molecule has 8 heteroatoms. The highest BCUT2D eigenvalue weighted by molar-refractivity contribution is 8.18. The van der Waals surface area contributed by atoms with Crippen molar-refractivity contribution in [2.45, 2.75) is 27.7 Å². The highest BCUT2D eigenvalue weighted by atomic mass is 35.5. The first kappa shape index (κ1) is 23.9. The Hall–Kier alpha value is -3.29. The van der Waals surface area contributed by atoms with Crippen LogP contribution in [0.2, 0.25) is 5.02 Å². The molecular formula is C26H24ClN3O3S. The zero-order valence-electron chi connectivity index (χ0n) is 19.3. The summed E-state index contributed by atoms with van der Waals surface area (Å²) in [6.45, 7) is 7.53. The van der Waals surface area contributed by atoms with E-state index in [1.165, 1.54) is 0 Å². The van der Waals surface area contributed by atoms with Gasteiger partial charge in [-0.2, -0.15) is 0 Å². The van der Waals surface area contributed by atoms with E-state index in [1.54, 1.807) is 12.1 Å². The van der Waals surface area contributed by atoms with Gasteiger partial charge >= 0.3 is 0 Å². The van der Waals surface area contributed by atoms with Crippen molar-refractivity contribution >= 4 is 52.2 Å². The molecule has 0 unspecified atom stereocenters. The van der Waals surface area contributed by atoms with Crippen LogP contribution >= 0.6 is 23.4 Å². The number of halogens is 1. The summed E-state index contributed by atoms with van der Waals surface area (Å²) in [6.07, 6.45) is 1.71. The average molecular weight is 494 g/mol. The lowest BCUT2D eigenvalue weighted by Gasteiger charge is -2.13. The van der Waals surface area contributed by atoms with Crippen molar-refractivity contribution in [3.05, 3.63) is 86.5 Å². The summed E-state index contributed by atoms with van der Waals surface area (Å²) in [7, 11) is 0. The number of rotatable bonds is 5. The van der Waals surface area contributed by atoms with Crippen LogP contribution in [0.1, 0.15) is 28.1 Å². The number of nitrogens with one attached hydrogen (secondary N) is 1. The van der Waals surface area contributed by atoms with Gasteiger partial charge in [0, 0.05) is 27.8 Å². The van der Waals surface area contributed by atoms with Crippen molar-refractivity contribution < 1.29 is 14.4 Å². The Balaban J connectivity index is 1.52. The van der Waals surface area contributed by atoms with E-state index in [9.17, 15) is 14.4 Å². The number of carbonyl (C=O) groups is 3. The van der Waals surface area contributed by atoms with Crippen molar-refractivity contribution in [2.75, 3.05) is 11.9 Å². The zero-order valence-corrected chi connectivity index (χ0v) is 20.9. The first-order valence-corrected chi connectivity index (χ1v) is 11.9. The second kappa shape index (κ2) is 9.52. The number of hydrogen-bond acceptors (Lipinski definition) is 4. The Morgan fingerprint density at radius 2 is 1.71 bits per heavy atom. The van der Waals surface area contributed by atoms with Crippen LogP contribution in [0.3, 0.4) is 0 Å². The van der Waals surface area contributed by atoms with Gasteiger partial charge in [0.1, 0.15) is 6.54 Å². The zero-order chi connectivity index (χ0) is 24.6. The lowest BCUT2D eigenvalue weighted by molar-refractivity contribution is -0.127. The highest BCUT2D eigenvalue weighted by Gasteiger charge is 2.36. The number of nitrogens with zero attached hydrogens (tertiary/aromatic N) is 2. The third kappa shape index (κ3) is 4.81. The van der Waals surface area contributed by atoms with E-state index in [2.05, 4.69) is 9.88 Å². The van der Waals surface area contributed by atoms with E-state index in [1.807, 2.05) is 70.2 Å². The van der Waals surface area contributed by atoms with Gasteiger partial charge < -0.3 is 9.88 Å². The molecule has 3 amide bonds. The van der Waals surface area contributed by atoms with E-state index in [4.69, 9.17) is 11.6 Å². The minimum absolute atomic E-state index is 0.292. The maximum absolute atomic E-state index is 12.9. The summed E-state index contributed by atoms with van der Waals surface area (Å²) in [5.41, 5.74) is 6.49. The number of benzene rings is 2. The summed E-state index contributed by atoms with van der Waals surface area (Å²) in [5, 5.41) is 2.95. The minimum atomic E-state index is -0.471. The van der Waals surface area contributed by atoms with Crippen LogP contribution in [0, 0.1) is 27.7 Å². The molecule has 1 aliphatic rings. The Kier molecular flexibility index (Phi) is 6.68. The number of carbonyl (C=O) groups excluding carboxylic acids is 3. The predicted molar refractivity (Wildman–Crippen MR) is 137 cm³/mol. The van der Waals surface area contributed by atoms with Gasteiger partial charge in [-0.1, -0.05) is 17.7 Å². The van der Waals surface area contributed by atoms with Gasteiger partial charge in [0.25, 0.3) is 11.1 Å². The summed E-state index contributed by atoms with van der Waals surface area (Å²) in [4.78, 5) is 39.2. The van der Waals surface area contributed by atoms with Gasteiger partial charge in [-0.15, -0.1) is 0 Å². The highest BCUT2D eigenvalue weighted by Crippen LogP contribution is 2.34. The number of imide groups is 1. The maximum Gasteiger partial charge on any atom is 0.294 e. The van der Waals surface area contributed by atoms with Crippen LogP contribution < -0.4 is 5.32 Å². The quantitative estimate of drug-likeness (QED) is 0.440. The molecule has 0 spiro atoms. The Labute approximate surface area is 207 Å². The largest absolute Gasteiger partial charge is 0.325 e. The molecule has 2 heterocycles. The number of anilines is 1. The normalized spacial score (nSPS) is 14.9. The van der Waals surface area contributed by atoms with Crippen molar-refractivity contribution in [1.29, 1.82) is 0 Å². The summed E-state index contributed by atoms with van der Waals surface area (Å²) < 4.78 is 2.06. The van der Waals surface area contributed by atoms with Crippen LogP contribution in [-0.2, 0) is 9.59 Å². The van der Waals surface area contributed by atoms with Gasteiger partial charge in [-0.25, -0.2) is 0 Å². The monoisotopic (exact) mass is 493 g/mol. The van der Waals surface area contributed by atoms with Gasteiger partial charge in [-0.3, -0.25) is 19.3 Å². The Morgan fingerprint density at radius 3 is 2.38 bits per heavy atom. The fraction of sp³-hybridized carbons (Fsp3) is 0.192. The van der Waals surface area contributed by atoms with Gasteiger partial charge in [0.05, 0.1) is 4.91 Å². The third-order valence-electron chi connectivity index (χ3n) is 5.81. The fourth-order valence-corrected chi connectivity index (χ4v) is 4.82. The van der Waals surface area contributed by atoms with E-state index in [0.29, 0.717) is 15.6 Å². The van der Waals surface area contributed by atoms with Gasteiger partial charge in [0.15, 0.2) is 0 Å². The van der Waals surface area contributed by atoms with E-state index in [-0.39, 0.29) is 6.54 Å². The van der Waals surface area contributed by atoms with E-state index < -0.39 is 17.1 Å². The second-order valence-electron chi connectivity index (χ2n) is 8.25. The first-order valence-electron chi connectivity index (χ1n) is 10.7. The first-order chi connectivity index (χ1) is 16.1. The van der Waals surface area contributed by atoms with Crippen molar-refractivity contribution in [2.24, 2.45) is 0 Å². The Morgan fingerprint density at radius 1 is 1.00 bits per heavy atom. The standard InChI is InChI=1S/C26H24ClN3O3S/c1-15-5-8-21(11-16(15)2)28-24(31)14-29-25(32)23(34-26(29)33)13-19-12-17(3)30(18(19)4)22-9-6-20(27)7-10-22/h5-13H,14H2,1-4H3,(H,28,31). The molecular weight excluding hydrogens is 470 g/mol. The number of amides is 3. The molecule has 0 aliphatic carbocycles. The van der Waals surface area contributed by atoms with E-state index >= 15 is 0 Å². The molecule has 34 heavy (non-hydrogen) atoms. The molecule has 3 aromatic rings. The van der Waals surface area contributed by atoms with E-state index in [0.717, 1.165) is 50.4 Å². The molecule has 1 saturated heterocycles. The van der Waals surface area contributed by atoms with Crippen molar-refractivity contribution in [3.8, 4) is 5.69 Å². The van der Waals surface area contributed by atoms with Gasteiger partial charge in [0.2, 0.25) is 5.91 Å². The van der Waals surface area contributed by atoms with Crippen LogP contribution in [0.5, 0.6) is 0 Å². The predicted octanol–water partition coefficient (Wildman–Crippen LogP) is 6.04. The number of thioether (sulfide) groups is 1. The van der Waals surface area contributed by atoms with Gasteiger partial charge in [-0.05, 0) is 105 Å². The molecule has 4 rings (SSSR count). The fourth-order valence-electron chi connectivity index (χ4n) is 3.86. The Bertz CT molecular complexity index is 1340. The SMILES string of the molecule is Cc1ccc(NC(=O)CN2C(=O)SC(=Cc3cc(C)n(-c4ccc(Cl)cc4)c3C)C2=O)cc1C. The summed E-state index contributed by atoms with van der Waals surface area (Å²) in [6, 6.07) is 15.0. The average Bonchev–Trinajstić information content (AvgIpc) is 3.21. The molecule has 0 atom stereocenters. The molecule has 0 radical (unpaired) electrons. The lowest BCUT2D eigenvalue weighted by Crippen LogP contribution is -2.36. The molecule has 1 aromatic heterocycles. The molecule has 174 valence electrons. The molecule has 1 N–H and O–H groups in total. The molecule has 0 saturated carbocycles. The molecule has 0 bridgehead atoms. The van der Waals surface area contributed by atoms with Crippen LogP contribution in [0.15, 0.2) is 53.4 Å². The molecule has 6 nitrogen and oxygen atoms in total. The number of aryl methyl sites for hydroxylation is 3. The third-order valence-corrected chi connectivity index (χ3v) is 6.97. The molecule has 1 fully saturated rings.